The van der Waals surface area contributed by atoms with Gasteiger partial charge in [-0.2, -0.15) is 0 Å². The fraction of sp³-hybridized carbons (Fsp3) is 0.588. The lowest BCUT2D eigenvalue weighted by Gasteiger charge is -2.09. The molecule has 0 aromatic heterocycles. The smallest absolute Gasteiger partial charge is 0.338 e. The molecule has 1 aromatic carbocycles. The summed E-state index contributed by atoms with van der Waals surface area (Å²) in [5.41, 5.74) is 0.538. The number of hydrogen-bond donors (Lipinski definition) is 0. The second kappa shape index (κ2) is 10.7. The van der Waals surface area contributed by atoms with Crippen LogP contribution in [0.5, 0.6) is 5.75 Å². The van der Waals surface area contributed by atoms with Crippen LogP contribution in [0.15, 0.2) is 22.7 Å². The third-order valence-corrected chi connectivity index (χ3v) is 3.82. The zero-order valence-corrected chi connectivity index (χ0v) is 14.6. The highest BCUT2D eigenvalue weighted by Gasteiger charge is 2.09. The van der Waals surface area contributed by atoms with E-state index < -0.39 is 0 Å². The van der Waals surface area contributed by atoms with E-state index in [0.717, 1.165) is 16.6 Å². The lowest BCUT2D eigenvalue weighted by atomic mass is 10.1. The minimum Gasteiger partial charge on any atom is -0.492 e. The molecule has 1 aromatic rings. The zero-order chi connectivity index (χ0) is 15.5. The lowest BCUT2D eigenvalue weighted by Crippen LogP contribution is -2.05. The summed E-state index contributed by atoms with van der Waals surface area (Å²) in [7, 11) is 0. The summed E-state index contributed by atoms with van der Waals surface area (Å²) in [6.07, 6.45) is 7.46. The summed E-state index contributed by atoms with van der Waals surface area (Å²) in [6, 6.07) is 5.29. The van der Waals surface area contributed by atoms with Gasteiger partial charge in [0.05, 0.1) is 23.2 Å². The second-order valence-corrected chi connectivity index (χ2v) is 5.84. The minimum atomic E-state index is -0.305. The van der Waals surface area contributed by atoms with E-state index >= 15 is 0 Å². The van der Waals surface area contributed by atoms with Crippen molar-refractivity contribution in [3.05, 3.63) is 28.2 Å². The van der Waals surface area contributed by atoms with Gasteiger partial charge in [0.15, 0.2) is 0 Å². The van der Waals surface area contributed by atoms with Crippen molar-refractivity contribution in [1.29, 1.82) is 0 Å². The average molecular weight is 357 g/mol. The maximum absolute atomic E-state index is 11.6. The Labute approximate surface area is 136 Å². The molecular formula is C17H25BrO3. The van der Waals surface area contributed by atoms with Crippen molar-refractivity contribution in [3.63, 3.8) is 0 Å². The number of halogens is 1. The Hall–Kier alpha value is -1.03. The van der Waals surface area contributed by atoms with Crippen molar-refractivity contribution >= 4 is 21.9 Å². The summed E-state index contributed by atoms with van der Waals surface area (Å²) in [4.78, 5) is 11.6. The van der Waals surface area contributed by atoms with Crippen LogP contribution in [0.3, 0.4) is 0 Å². The largest absolute Gasteiger partial charge is 0.492 e. The summed E-state index contributed by atoms with van der Waals surface area (Å²) in [5.74, 6) is 0.470. The number of esters is 1. The maximum atomic E-state index is 11.6. The van der Waals surface area contributed by atoms with E-state index in [2.05, 4.69) is 22.9 Å². The number of benzene rings is 1. The molecule has 0 saturated heterocycles. The number of carbonyl (C=O) groups excluding carboxylic acids is 1. The van der Waals surface area contributed by atoms with Crippen molar-refractivity contribution in [2.75, 3.05) is 13.2 Å². The van der Waals surface area contributed by atoms with E-state index in [-0.39, 0.29) is 5.97 Å². The van der Waals surface area contributed by atoms with Gasteiger partial charge in [-0.3, -0.25) is 0 Å². The molecule has 4 heteroatoms. The normalized spacial score (nSPS) is 10.4. The van der Waals surface area contributed by atoms with Gasteiger partial charge in [-0.1, -0.05) is 39.0 Å². The molecule has 0 aliphatic rings. The monoisotopic (exact) mass is 356 g/mol. The van der Waals surface area contributed by atoms with Crippen LogP contribution in [0.1, 0.15) is 62.7 Å². The van der Waals surface area contributed by atoms with Crippen LogP contribution < -0.4 is 4.74 Å². The first-order valence-corrected chi connectivity index (χ1v) is 8.57. The molecule has 0 spiro atoms. The van der Waals surface area contributed by atoms with Crippen molar-refractivity contribution < 1.29 is 14.3 Å². The summed E-state index contributed by atoms with van der Waals surface area (Å²) in [6.45, 7) is 5.11. The van der Waals surface area contributed by atoms with Gasteiger partial charge in [-0.25, -0.2) is 4.79 Å². The first kappa shape index (κ1) is 18.0. The van der Waals surface area contributed by atoms with Crippen molar-refractivity contribution in [1.82, 2.24) is 0 Å². The molecule has 118 valence electrons. The van der Waals surface area contributed by atoms with Crippen LogP contribution in [0.4, 0.5) is 0 Å². The zero-order valence-electron chi connectivity index (χ0n) is 13.0. The third kappa shape index (κ3) is 6.98. The Balaban J connectivity index is 2.34. The number of ether oxygens (including phenoxy) is 2. The topological polar surface area (TPSA) is 35.5 Å². The Kier molecular flexibility index (Phi) is 9.15. The van der Waals surface area contributed by atoms with Crippen LogP contribution in [0.25, 0.3) is 0 Å². The SMILES string of the molecule is CCCCCCCCOc1ccc(C(=O)OCC)cc1Br. The van der Waals surface area contributed by atoms with Gasteiger partial charge in [0.1, 0.15) is 5.75 Å². The number of unbranched alkanes of at least 4 members (excludes halogenated alkanes) is 5. The predicted molar refractivity (Wildman–Crippen MR) is 89.0 cm³/mol. The lowest BCUT2D eigenvalue weighted by molar-refractivity contribution is 0.0526. The van der Waals surface area contributed by atoms with Crippen LogP contribution in [0, 0.1) is 0 Å². The van der Waals surface area contributed by atoms with E-state index in [1.54, 1.807) is 19.1 Å². The molecule has 0 bridgehead atoms. The molecule has 1 rings (SSSR count). The summed E-state index contributed by atoms with van der Waals surface area (Å²) < 4.78 is 11.5. The Morgan fingerprint density at radius 1 is 1.10 bits per heavy atom. The Morgan fingerprint density at radius 2 is 1.81 bits per heavy atom. The third-order valence-electron chi connectivity index (χ3n) is 3.20. The van der Waals surface area contributed by atoms with E-state index in [4.69, 9.17) is 9.47 Å². The number of hydrogen-bond acceptors (Lipinski definition) is 3. The standard InChI is InChI=1S/C17H25BrO3/c1-3-5-6-7-8-9-12-21-16-11-10-14(13-15(16)18)17(19)20-4-2/h10-11,13H,3-9,12H2,1-2H3. The van der Waals surface area contributed by atoms with Crippen molar-refractivity contribution in [3.8, 4) is 5.75 Å². The summed E-state index contributed by atoms with van der Waals surface area (Å²) >= 11 is 3.44. The fourth-order valence-electron chi connectivity index (χ4n) is 2.02. The van der Waals surface area contributed by atoms with Gasteiger partial charge in [0, 0.05) is 0 Å². The Bertz CT molecular complexity index is 432. The van der Waals surface area contributed by atoms with Crippen molar-refractivity contribution in [2.24, 2.45) is 0 Å². The molecule has 0 heterocycles. The van der Waals surface area contributed by atoms with Gasteiger partial charge >= 0.3 is 5.97 Å². The highest BCUT2D eigenvalue weighted by molar-refractivity contribution is 9.10. The highest BCUT2D eigenvalue weighted by atomic mass is 79.9. The number of carbonyl (C=O) groups is 1. The highest BCUT2D eigenvalue weighted by Crippen LogP contribution is 2.26. The molecule has 0 aliphatic heterocycles. The molecule has 0 radical (unpaired) electrons. The van der Waals surface area contributed by atoms with E-state index in [9.17, 15) is 4.79 Å². The van der Waals surface area contributed by atoms with Gasteiger partial charge in [-0.05, 0) is 47.5 Å². The average Bonchev–Trinajstić information content (AvgIpc) is 2.48. The number of rotatable bonds is 10. The van der Waals surface area contributed by atoms with Gasteiger partial charge in [0.2, 0.25) is 0 Å². The first-order valence-electron chi connectivity index (χ1n) is 7.78. The van der Waals surface area contributed by atoms with E-state index in [0.29, 0.717) is 18.8 Å². The van der Waals surface area contributed by atoms with E-state index in [1.807, 2.05) is 6.07 Å². The molecule has 0 N–H and O–H groups in total. The van der Waals surface area contributed by atoms with Gasteiger partial charge in [-0.15, -0.1) is 0 Å². The maximum Gasteiger partial charge on any atom is 0.338 e. The van der Waals surface area contributed by atoms with Crippen LogP contribution >= 0.6 is 15.9 Å². The predicted octanol–water partition coefficient (Wildman–Crippen LogP) is 5.37. The first-order chi connectivity index (χ1) is 10.2. The van der Waals surface area contributed by atoms with Gasteiger partial charge < -0.3 is 9.47 Å². The molecule has 0 atom stereocenters. The van der Waals surface area contributed by atoms with Crippen LogP contribution in [-0.4, -0.2) is 19.2 Å². The molecule has 0 aliphatic carbocycles. The molecule has 0 amide bonds. The van der Waals surface area contributed by atoms with Crippen molar-refractivity contribution in [2.45, 2.75) is 52.4 Å². The molecule has 3 nitrogen and oxygen atoms in total. The molecule has 0 saturated carbocycles. The second-order valence-electron chi connectivity index (χ2n) is 4.98. The molecule has 0 fully saturated rings. The van der Waals surface area contributed by atoms with E-state index in [1.165, 1.54) is 32.1 Å². The van der Waals surface area contributed by atoms with Crippen LogP contribution in [-0.2, 0) is 4.74 Å². The van der Waals surface area contributed by atoms with Crippen LogP contribution in [0.2, 0.25) is 0 Å². The fourth-order valence-corrected chi connectivity index (χ4v) is 2.52. The van der Waals surface area contributed by atoms with Gasteiger partial charge in [0.25, 0.3) is 0 Å². The molecule has 21 heavy (non-hydrogen) atoms. The summed E-state index contributed by atoms with van der Waals surface area (Å²) in [5, 5.41) is 0. The molecule has 0 unspecified atom stereocenters. The minimum absolute atomic E-state index is 0.305. The molecular weight excluding hydrogens is 332 g/mol. The Morgan fingerprint density at radius 3 is 2.48 bits per heavy atom. The quantitative estimate of drug-likeness (QED) is 0.417.